The lowest BCUT2D eigenvalue weighted by atomic mass is 9.95. The molecular weight excluding hydrogens is 360 g/mol. The fourth-order valence-corrected chi connectivity index (χ4v) is 4.51. The summed E-state index contributed by atoms with van der Waals surface area (Å²) in [5.74, 6) is 1.18. The summed E-state index contributed by atoms with van der Waals surface area (Å²) in [6.45, 7) is 2.86. The van der Waals surface area contributed by atoms with Gasteiger partial charge < -0.3 is 9.52 Å². The van der Waals surface area contributed by atoms with Crippen molar-refractivity contribution in [2.45, 2.75) is 25.8 Å². The molecule has 0 amide bonds. The molecule has 0 aliphatic carbocycles. The molecule has 3 aromatic rings. The summed E-state index contributed by atoms with van der Waals surface area (Å²) >= 11 is 1.73. The van der Waals surface area contributed by atoms with E-state index in [1.807, 2.05) is 29.8 Å². The highest BCUT2D eigenvalue weighted by atomic mass is 32.1. The monoisotopic (exact) mass is 382 g/mol. The maximum absolute atomic E-state index is 11.4. The molecule has 3 heterocycles. The molecular formula is C21H22N2O3S. The Morgan fingerprint density at radius 2 is 2.19 bits per heavy atom. The fourth-order valence-electron chi connectivity index (χ4n) is 3.77. The molecule has 1 atom stereocenters. The van der Waals surface area contributed by atoms with E-state index in [9.17, 15) is 9.90 Å². The van der Waals surface area contributed by atoms with Crippen molar-refractivity contribution in [1.82, 2.24) is 9.88 Å². The molecule has 0 spiro atoms. The van der Waals surface area contributed by atoms with Crippen molar-refractivity contribution < 1.29 is 14.3 Å². The summed E-state index contributed by atoms with van der Waals surface area (Å²) in [5.41, 5.74) is 0.886. The largest absolute Gasteiger partial charge is 0.478 e. The second-order valence-corrected chi connectivity index (χ2v) is 7.97. The number of piperidine rings is 1. The molecule has 0 saturated carbocycles. The number of carboxylic acid groups (broad SMARTS) is 1. The van der Waals surface area contributed by atoms with E-state index < -0.39 is 5.97 Å². The summed E-state index contributed by atoms with van der Waals surface area (Å²) in [7, 11) is 0. The zero-order chi connectivity index (χ0) is 18.6. The number of likely N-dealkylation sites (tertiary alicyclic amines) is 1. The van der Waals surface area contributed by atoms with Gasteiger partial charge in [0.1, 0.15) is 11.5 Å². The van der Waals surface area contributed by atoms with Gasteiger partial charge in [-0.25, -0.2) is 9.78 Å². The van der Waals surface area contributed by atoms with Crippen LogP contribution in [0.5, 0.6) is 0 Å². The highest BCUT2D eigenvalue weighted by Gasteiger charge is 2.22. The number of carbonyl (C=O) groups is 1. The number of furan rings is 1. The van der Waals surface area contributed by atoms with Gasteiger partial charge in [-0.15, -0.1) is 11.3 Å². The molecule has 27 heavy (non-hydrogen) atoms. The van der Waals surface area contributed by atoms with E-state index in [0.717, 1.165) is 31.8 Å². The Hall–Kier alpha value is -2.44. The summed E-state index contributed by atoms with van der Waals surface area (Å²) in [5, 5.41) is 12.6. The van der Waals surface area contributed by atoms with E-state index in [-0.39, 0.29) is 5.56 Å². The van der Waals surface area contributed by atoms with Crippen molar-refractivity contribution in [3.8, 4) is 11.3 Å². The van der Waals surface area contributed by atoms with Crippen LogP contribution in [0.2, 0.25) is 0 Å². The lowest BCUT2D eigenvalue weighted by Gasteiger charge is -2.31. The second-order valence-electron chi connectivity index (χ2n) is 6.99. The molecule has 6 heteroatoms. The number of nitrogens with zero attached hydrogens (tertiary/aromatic N) is 2. The summed E-state index contributed by atoms with van der Waals surface area (Å²) in [4.78, 5) is 18.3. The topological polar surface area (TPSA) is 66.6 Å². The van der Waals surface area contributed by atoms with E-state index in [4.69, 9.17) is 4.42 Å². The Kier molecular flexibility index (Phi) is 5.36. The number of carboxylic acids is 1. The standard InChI is InChI=1S/C21H22N2O3S/c24-21(25)18-6-2-1-5-17(18)19-8-7-16(26-19)14-23-10-3-4-15(13-23)12-20-22-9-11-27-20/h1-2,5-9,11,15H,3-4,10,12-14H2,(H,24,25)/t15-/m0/s1. The molecule has 1 N–H and O–H groups in total. The molecule has 1 aliphatic heterocycles. The number of aromatic carboxylic acids is 1. The van der Waals surface area contributed by atoms with E-state index in [2.05, 4.69) is 9.88 Å². The number of thiazole rings is 1. The van der Waals surface area contributed by atoms with Crippen LogP contribution in [-0.4, -0.2) is 34.0 Å². The summed E-state index contributed by atoms with van der Waals surface area (Å²) in [6, 6.07) is 10.8. The Bertz CT molecular complexity index is 904. The van der Waals surface area contributed by atoms with Crippen LogP contribution >= 0.6 is 11.3 Å². The predicted molar refractivity (Wildman–Crippen MR) is 105 cm³/mol. The fraction of sp³-hybridized carbons (Fsp3) is 0.333. The smallest absolute Gasteiger partial charge is 0.336 e. The Balaban J connectivity index is 1.43. The van der Waals surface area contributed by atoms with Crippen molar-refractivity contribution in [3.63, 3.8) is 0 Å². The number of benzene rings is 1. The molecule has 1 aromatic carbocycles. The third-order valence-electron chi connectivity index (χ3n) is 5.01. The molecule has 2 aromatic heterocycles. The van der Waals surface area contributed by atoms with E-state index in [1.54, 1.807) is 29.5 Å². The van der Waals surface area contributed by atoms with E-state index in [0.29, 0.717) is 17.2 Å². The normalized spacial score (nSPS) is 17.9. The molecule has 1 saturated heterocycles. The van der Waals surface area contributed by atoms with Crippen LogP contribution in [-0.2, 0) is 13.0 Å². The number of aromatic nitrogens is 1. The predicted octanol–water partition coefficient (Wildman–Crippen LogP) is 4.56. The van der Waals surface area contributed by atoms with Crippen molar-refractivity contribution in [3.05, 3.63) is 64.3 Å². The SMILES string of the molecule is O=C(O)c1ccccc1-c1ccc(CN2CCC[C@@H](Cc3nccs3)C2)o1. The quantitative estimate of drug-likeness (QED) is 0.677. The minimum absolute atomic E-state index is 0.264. The van der Waals surface area contributed by atoms with Crippen molar-refractivity contribution >= 4 is 17.3 Å². The van der Waals surface area contributed by atoms with Crippen molar-refractivity contribution in [2.24, 2.45) is 5.92 Å². The maximum Gasteiger partial charge on any atom is 0.336 e. The van der Waals surface area contributed by atoms with Crippen LogP contribution in [0.1, 0.15) is 34.0 Å². The van der Waals surface area contributed by atoms with Gasteiger partial charge in [0.25, 0.3) is 0 Å². The average molecular weight is 382 g/mol. The lowest BCUT2D eigenvalue weighted by molar-refractivity contribution is 0.0697. The number of hydrogen-bond donors (Lipinski definition) is 1. The second kappa shape index (κ2) is 8.06. The lowest BCUT2D eigenvalue weighted by Crippen LogP contribution is -2.35. The summed E-state index contributed by atoms with van der Waals surface area (Å²) in [6.07, 6.45) is 5.35. The zero-order valence-electron chi connectivity index (χ0n) is 15.0. The van der Waals surface area contributed by atoms with Gasteiger partial charge in [-0.1, -0.05) is 18.2 Å². The van der Waals surface area contributed by atoms with Gasteiger partial charge in [-0.3, -0.25) is 4.90 Å². The highest BCUT2D eigenvalue weighted by molar-refractivity contribution is 7.09. The minimum atomic E-state index is -0.940. The van der Waals surface area contributed by atoms with Crippen LogP contribution in [0.3, 0.4) is 0 Å². The molecule has 4 rings (SSSR count). The molecule has 1 aliphatic rings. The van der Waals surface area contributed by atoms with Crippen LogP contribution in [0.15, 0.2) is 52.4 Å². The van der Waals surface area contributed by atoms with Crippen LogP contribution in [0.4, 0.5) is 0 Å². The Morgan fingerprint density at radius 3 is 3.00 bits per heavy atom. The average Bonchev–Trinajstić information content (AvgIpc) is 3.34. The van der Waals surface area contributed by atoms with E-state index >= 15 is 0 Å². The maximum atomic E-state index is 11.4. The Morgan fingerprint density at radius 1 is 1.30 bits per heavy atom. The van der Waals surface area contributed by atoms with Crippen LogP contribution in [0, 0.1) is 5.92 Å². The Labute approximate surface area is 162 Å². The first-order valence-electron chi connectivity index (χ1n) is 9.21. The molecule has 140 valence electrons. The van der Waals surface area contributed by atoms with Gasteiger partial charge in [-0.05, 0) is 43.5 Å². The number of rotatable bonds is 6. The van der Waals surface area contributed by atoms with Gasteiger partial charge in [0.2, 0.25) is 0 Å². The molecule has 1 fully saturated rings. The van der Waals surface area contributed by atoms with Crippen LogP contribution < -0.4 is 0 Å². The van der Waals surface area contributed by atoms with Crippen molar-refractivity contribution in [1.29, 1.82) is 0 Å². The molecule has 0 unspecified atom stereocenters. The molecule has 0 bridgehead atoms. The zero-order valence-corrected chi connectivity index (χ0v) is 15.8. The molecule has 0 radical (unpaired) electrons. The third kappa shape index (κ3) is 4.28. The van der Waals surface area contributed by atoms with Gasteiger partial charge in [-0.2, -0.15) is 0 Å². The first-order valence-corrected chi connectivity index (χ1v) is 10.1. The molecule has 5 nitrogen and oxygen atoms in total. The first-order chi connectivity index (χ1) is 13.2. The summed E-state index contributed by atoms with van der Waals surface area (Å²) < 4.78 is 5.99. The first kappa shape index (κ1) is 17.9. The van der Waals surface area contributed by atoms with Gasteiger partial charge in [0, 0.05) is 30.1 Å². The highest BCUT2D eigenvalue weighted by Crippen LogP contribution is 2.28. The number of hydrogen-bond acceptors (Lipinski definition) is 5. The third-order valence-corrected chi connectivity index (χ3v) is 5.82. The van der Waals surface area contributed by atoms with E-state index in [1.165, 1.54) is 17.8 Å². The van der Waals surface area contributed by atoms with Gasteiger partial charge in [0.15, 0.2) is 0 Å². The van der Waals surface area contributed by atoms with Crippen LogP contribution in [0.25, 0.3) is 11.3 Å². The van der Waals surface area contributed by atoms with Gasteiger partial charge in [0.05, 0.1) is 17.1 Å². The minimum Gasteiger partial charge on any atom is -0.478 e. The van der Waals surface area contributed by atoms with Crippen molar-refractivity contribution in [2.75, 3.05) is 13.1 Å². The van der Waals surface area contributed by atoms with Gasteiger partial charge >= 0.3 is 5.97 Å².